The van der Waals surface area contributed by atoms with Crippen molar-refractivity contribution in [3.05, 3.63) is 58.7 Å². The fourth-order valence-electron chi connectivity index (χ4n) is 2.95. The molecule has 0 atom stereocenters. The zero-order valence-electron chi connectivity index (χ0n) is 14.6. The van der Waals surface area contributed by atoms with E-state index in [-0.39, 0.29) is 0 Å². The summed E-state index contributed by atoms with van der Waals surface area (Å²) in [5, 5.41) is 10.6. The lowest BCUT2D eigenvalue weighted by molar-refractivity contribution is 0.340. The van der Waals surface area contributed by atoms with E-state index in [1.165, 1.54) is 11.1 Å². The second kappa shape index (κ2) is 8.61. The number of hydrogen-bond donors (Lipinski definition) is 1. The Bertz CT molecular complexity index is 614. The first-order valence-corrected chi connectivity index (χ1v) is 8.73. The first kappa shape index (κ1) is 17.4. The van der Waals surface area contributed by atoms with Crippen LogP contribution in [0.2, 0.25) is 0 Å². The normalized spacial score (nSPS) is 10.7. The Kier molecular flexibility index (Phi) is 6.52. The highest BCUT2D eigenvalue weighted by atomic mass is 16.5. The molecule has 0 aromatic heterocycles. The van der Waals surface area contributed by atoms with E-state index in [9.17, 15) is 5.11 Å². The van der Waals surface area contributed by atoms with Crippen LogP contribution in [-0.2, 0) is 19.3 Å². The van der Waals surface area contributed by atoms with Gasteiger partial charge in [-0.2, -0.15) is 0 Å². The Morgan fingerprint density at radius 2 is 1.48 bits per heavy atom. The maximum Gasteiger partial charge on any atom is 0.122 e. The van der Waals surface area contributed by atoms with Crippen LogP contribution in [0.25, 0.3) is 0 Å². The topological polar surface area (TPSA) is 29.5 Å². The smallest absolute Gasteiger partial charge is 0.122 e. The molecule has 0 radical (unpaired) electrons. The molecule has 2 aromatic rings. The van der Waals surface area contributed by atoms with E-state index in [2.05, 4.69) is 38.1 Å². The van der Waals surface area contributed by atoms with Gasteiger partial charge in [0.25, 0.3) is 0 Å². The van der Waals surface area contributed by atoms with Crippen molar-refractivity contribution in [3.63, 3.8) is 0 Å². The Labute approximate surface area is 140 Å². The van der Waals surface area contributed by atoms with E-state index in [1.807, 2.05) is 19.1 Å². The van der Waals surface area contributed by atoms with Crippen LogP contribution >= 0.6 is 0 Å². The number of ether oxygens (including phenoxy) is 1. The van der Waals surface area contributed by atoms with Crippen molar-refractivity contribution in [3.8, 4) is 11.5 Å². The minimum atomic E-state index is 0.473. The molecule has 0 amide bonds. The predicted molar refractivity (Wildman–Crippen MR) is 96.5 cm³/mol. The molecular formula is C21H28O2. The molecule has 0 fully saturated rings. The number of phenols is 1. The number of phenolic OH excluding ortho intramolecular Hbond substituents is 1. The average Bonchev–Trinajstić information content (AvgIpc) is 2.54. The third kappa shape index (κ3) is 4.75. The lowest BCUT2D eigenvalue weighted by atomic mass is 9.95. The zero-order valence-corrected chi connectivity index (χ0v) is 14.6. The highest BCUT2D eigenvalue weighted by Gasteiger charge is 2.10. The minimum Gasteiger partial charge on any atom is -0.507 e. The summed E-state index contributed by atoms with van der Waals surface area (Å²) in [5.41, 5.74) is 4.64. The molecule has 0 saturated carbocycles. The van der Waals surface area contributed by atoms with Crippen LogP contribution in [-0.4, -0.2) is 11.7 Å². The second-order valence-electron chi connectivity index (χ2n) is 6.02. The van der Waals surface area contributed by atoms with Crippen molar-refractivity contribution in [1.29, 1.82) is 0 Å². The number of aromatic hydroxyl groups is 1. The summed E-state index contributed by atoms with van der Waals surface area (Å²) in [4.78, 5) is 0. The monoisotopic (exact) mass is 312 g/mol. The van der Waals surface area contributed by atoms with Gasteiger partial charge in [-0.15, -0.1) is 0 Å². The third-order valence-electron chi connectivity index (χ3n) is 4.01. The van der Waals surface area contributed by atoms with Crippen LogP contribution < -0.4 is 4.74 Å². The molecule has 2 heteroatoms. The Morgan fingerprint density at radius 3 is 2.09 bits per heavy atom. The van der Waals surface area contributed by atoms with E-state index in [0.29, 0.717) is 12.4 Å². The molecule has 1 N–H and O–H groups in total. The summed E-state index contributed by atoms with van der Waals surface area (Å²) < 4.78 is 5.49. The lowest BCUT2D eigenvalue weighted by Gasteiger charge is -2.13. The summed E-state index contributed by atoms with van der Waals surface area (Å²) in [5.74, 6) is 1.37. The van der Waals surface area contributed by atoms with Gasteiger partial charge in [0, 0.05) is 6.42 Å². The van der Waals surface area contributed by atoms with Gasteiger partial charge in [0.2, 0.25) is 0 Å². The maximum atomic E-state index is 10.6. The van der Waals surface area contributed by atoms with E-state index >= 15 is 0 Å². The van der Waals surface area contributed by atoms with Gasteiger partial charge in [-0.1, -0.05) is 51.0 Å². The molecule has 0 bridgehead atoms. The average molecular weight is 312 g/mol. The van der Waals surface area contributed by atoms with Crippen molar-refractivity contribution in [2.75, 3.05) is 6.61 Å². The van der Waals surface area contributed by atoms with Crippen LogP contribution in [0.1, 0.15) is 55.9 Å². The maximum absolute atomic E-state index is 10.6. The Balaban J connectivity index is 2.26. The molecule has 0 aliphatic heterocycles. The third-order valence-corrected chi connectivity index (χ3v) is 4.01. The molecular weight excluding hydrogens is 284 g/mol. The van der Waals surface area contributed by atoms with E-state index in [0.717, 1.165) is 49.0 Å². The van der Waals surface area contributed by atoms with Gasteiger partial charge in [0.1, 0.15) is 11.5 Å². The number of benzene rings is 2. The molecule has 2 nitrogen and oxygen atoms in total. The number of hydrogen-bond acceptors (Lipinski definition) is 2. The quantitative estimate of drug-likeness (QED) is 0.718. The first-order valence-electron chi connectivity index (χ1n) is 8.73. The molecule has 23 heavy (non-hydrogen) atoms. The van der Waals surface area contributed by atoms with Gasteiger partial charge in [-0.25, -0.2) is 0 Å². The van der Waals surface area contributed by atoms with Gasteiger partial charge in [0.15, 0.2) is 0 Å². The molecule has 0 aliphatic carbocycles. The van der Waals surface area contributed by atoms with Crippen molar-refractivity contribution < 1.29 is 9.84 Å². The summed E-state index contributed by atoms with van der Waals surface area (Å²) in [6.07, 6.45) is 4.92. The fourth-order valence-corrected chi connectivity index (χ4v) is 2.95. The molecule has 0 unspecified atom stereocenters. The Morgan fingerprint density at radius 1 is 0.826 bits per heavy atom. The minimum absolute atomic E-state index is 0.473. The molecule has 124 valence electrons. The molecule has 0 aliphatic rings. The highest BCUT2D eigenvalue weighted by Crippen LogP contribution is 2.29. The lowest BCUT2D eigenvalue weighted by Crippen LogP contribution is -1.97. The number of rotatable bonds is 8. The van der Waals surface area contributed by atoms with Gasteiger partial charge < -0.3 is 9.84 Å². The van der Waals surface area contributed by atoms with Gasteiger partial charge in [0.05, 0.1) is 6.61 Å². The van der Waals surface area contributed by atoms with Crippen molar-refractivity contribution >= 4 is 0 Å². The highest BCUT2D eigenvalue weighted by molar-refractivity contribution is 5.46. The van der Waals surface area contributed by atoms with Crippen molar-refractivity contribution in [1.82, 2.24) is 0 Å². The Hall–Kier alpha value is -1.96. The molecule has 2 aromatic carbocycles. The SMILES string of the molecule is CCCc1cc(CCC)c(O)c(Cc2ccc(OCC)cc2)c1. The fraction of sp³-hybridized carbons (Fsp3) is 0.429. The number of aryl methyl sites for hydroxylation is 2. The van der Waals surface area contributed by atoms with Gasteiger partial charge in [-0.05, 0) is 54.2 Å². The summed E-state index contributed by atoms with van der Waals surface area (Å²) in [6.45, 7) is 7.01. The van der Waals surface area contributed by atoms with Gasteiger partial charge >= 0.3 is 0 Å². The van der Waals surface area contributed by atoms with E-state index < -0.39 is 0 Å². The van der Waals surface area contributed by atoms with Crippen LogP contribution in [0.15, 0.2) is 36.4 Å². The zero-order chi connectivity index (χ0) is 16.7. The summed E-state index contributed by atoms with van der Waals surface area (Å²) in [6, 6.07) is 12.5. The molecule has 0 spiro atoms. The van der Waals surface area contributed by atoms with E-state index in [1.54, 1.807) is 0 Å². The summed E-state index contributed by atoms with van der Waals surface area (Å²) >= 11 is 0. The second-order valence-corrected chi connectivity index (χ2v) is 6.02. The first-order chi connectivity index (χ1) is 11.2. The standard InChI is InChI=1S/C21H28O2/c1-4-7-17-14-18(8-5-2)21(22)19(15-17)13-16-9-11-20(12-10-16)23-6-3/h9-12,14-15,22H,4-8,13H2,1-3H3. The van der Waals surface area contributed by atoms with Crippen LogP contribution in [0.5, 0.6) is 11.5 Å². The largest absolute Gasteiger partial charge is 0.507 e. The van der Waals surface area contributed by atoms with Crippen LogP contribution in [0.3, 0.4) is 0 Å². The molecule has 0 heterocycles. The van der Waals surface area contributed by atoms with Crippen LogP contribution in [0, 0.1) is 0 Å². The van der Waals surface area contributed by atoms with Crippen molar-refractivity contribution in [2.24, 2.45) is 0 Å². The van der Waals surface area contributed by atoms with E-state index in [4.69, 9.17) is 4.74 Å². The predicted octanol–water partition coefficient (Wildman–Crippen LogP) is 5.29. The molecule has 2 rings (SSSR count). The van der Waals surface area contributed by atoms with Gasteiger partial charge in [-0.3, -0.25) is 0 Å². The van der Waals surface area contributed by atoms with Crippen molar-refractivity contribution in [2.45, 2.75) is 52.9 Å². The van der Waals surface area contributed by atoms with Crippen LogP contribution in [0.4, 0.5) is 0 Å². The summed E-state index contributed by atoms with van der Waals surface area (Å²) in [7, 11) is 0. The molecule has 0 saturated heterocycles.